The molecule has 8 heteroatoms. The highest BCUT2D eigenvalue weighted by Gasteiger charge is 2.20. The first-order valence-corrected chi connectivity index (χ1v) is 8.07. The van der Waals surface area contributed by atoms with E-state index in [9.17, 15) is 13.2 Å². The lowest BCUT2D eigenvalue weighted by molar-refractivity contribution is -0.122. The molecule has 1 heterocycles. The van der Waals surface area contributed by atoms with Gasteiger partial charge in [0.15, 0.2) is 5.03 Å². The second kappa shape index (κ2) is 6.86. The standard InChI is InChI=1S/C13H22N4O3S/c1-13(2,3)17-11(18)7-9-16-21(19,20)12-10(14-4)6-5-8-15-12/h5-6,8,14,16H,7,9H2,1-4H3,(H,17,18). The Morgan fingerprint density at radius 2 is 2.00 bits per heavy atom. The maximum atomic E-state index is 12.1. The van der Waals surface area contributed by atoms with Crippen LogP contribution in [0.5, 0.6) is 0 Å². The van der Waals surface area contributed by atoms with Crippen molar-refractivity contribution >= 4 is 21.6 Å². The lowest BCUT2D eigenvalue weighted by Crippen LogP contribution is -2.42. The van der Waals surface area contributed by atoms with Gasteiger partial charge >= 0.3 is 0 Å². The summed E-state index contributed by atoms with van der Waals surface area (Å²) in [5, 5.41) is 5.46. The third kappa shape index (κ3) is 5.68. The highest BCUT2D eigenvalue weighted by Crippen LogP contribution is 2.16. The van der Waals surface area contributed by atoms with Crippen LogP contribution in [0.3, 0.4) is 0 Å². The molecule has 1 amide bonds. The Morgan fingerprint density at radius 1 is 1.33 bits per heavy atom. The molecule has 0 unspecified atom stereocenters. The summed E-state index contributed by atoms with van der Waals surface area (Å²) in [4.78, 5) is 15.5. The third-order valence-corrected chi connectivity index (χ3v) is 3.87. The van der Waals surface area contributed by atoms with E-state index < -0.39 is 10.0 Å². The molecule has 0 aliphatic carbocycles. The third-order valence-electron chi connectivity index (χ3n) is 2.45. The molecule has 21 heavy (non-hydrogen) atoms. The molecule has 0 radical (unpaired) electrons. The molecule has 118 valence electrons. The van der Waals surface area contributed by atoms with Crippen molar-refractivity contribution in [2.45, 2.75) is 37.8 Å². The summed E-state index contributed by atoms with van der Waals surface area (Å²) in [6.45, 7) is 5.61. The van der Waals surface area contributed by atoms with Crippen LogP contribution in [-0.2, 0) is 14.8 Å². The Morgan fingerprint density at radius 3 is 2.57 bits per heavy atom. The van der Waals surface area contributed by atoms with Gasteiger partial charge in [-0.1, -0.05) is 0 Å². The SMILES string of the molecule is CNc1cccnc1S(=O)(=O)NCCC(=O)NC(C)(C)C. The van der Waals surface area contributed by atoms with Gasteiger partial charge < -0.3 is 10.6 Å². The van der Waals surface area contributed by atoms with Gasteiger partial charge in [-0.05, 0) is 32.9 Å². The summed E-state index contributed by atoms with van der Waals surface area (Å²) in [5.74, 6) is -0.208. The number of amides is 1. The summed E-state index contributed by atoms with van der Waals surface area (Å²) >= 11 is 0. The van der Waals surface area contributed by atoms with Crippen LogP contribution in [0.1, 0.15) is 27.2 Å². The van der Waals surface area contributed by atoms with Gasteiger partial charge in [0, 0.05) is 31.7 Å². The zero-order valence-electron chi connectivity index (χ0n) is 12.7. The molecule has 0 bridgehead atoms. The zero-order chi connectivity index (χ0) is 16.1. The topological polar surface area (TPSA) is 100 Å². The Balaban J connectivity index is 2.64. The predicted molar refractivity (Wildman–Crippen MR) is 81.5 cm³/mol. The molecular weight excluding hydrogens is 292 g/mol. The van der Waals surface area contributed by atoms with E-state index in [1.54, 1.807) is 19.2 Å². The van der Waals surface area contributed by atoms with Gasteiger partial charge in [-0.3, -0.25) is 4.79 Å². The first-order chi connectivity index (χ1) is 9.65. The van der Waals surface area contributed by atoms with Crippen LogP contribution in [-0.4, -0.2) is 38.4 Å². The van der Waals surface area contributed by atoms with E-state index in [4.69, 9.17) is 0 Å². The van der Waals surface area contributed by atoms with Crippen molar-refractivity contribution in [1.29, 1.82) is 0 Å². The van der Waals surface area contributed by atoms with Gasteiger partial charge in [-0.15, -0.1) is 0 Å². The number of hydrogen-bond acceptors (Lipinski definition) is 5. The molecule has 0 spiro atoms. The van der Waals surface area contributed by atoms with E-state index in [1.165, 1.54) is 6.20 Å². The predicted octanol–water partition coefficient (Wildman–Crippen LogP) is 0.706. The van der Waals surface area contributed by atoms with Crippen LogP contribution in [0.4, 0.5) is 5.69 Å². The number of hydrogen-bond donors (Lipinski definition) is 3. The molecule has 3 N–H and O–H groups in total. The fraction of sp³-hybridized carbons (Fsp3) is 0.538. The van der Waals surface area contributed by atoms with Crippen LogP contribution in [0, 0.1) is 0 Å². The Labute approximate surface area is 125 Å². The second-order valence-electron chi connectivity index (χ2n) is 5.55. The molecule has 7 nitrogen and oxygen atoms in total. The minimum absolute atomic E-state index is 0.0178. The van der Waals surface area contributed by atoms with Crippen LogP contribution in [0.25, 0.3) is 0 Å². The number of rotatable bonds is 6. The Kier molecular flexibility index (Phi) is 5.68. The smallest absolute Gasteiger partial charge is 0.260 e. The van der Waals surface area contributed by atoms with Crippen molar-refractivity contribution in [2.24, 2.45) is 0 Å². The maximum absolute atomic E-state index is 12.1. The second-order valence-corrected chi connectivity index (χ2v) is 7.23. The molecule has 1 rings (SSSR count). The first kappa shape index (κ1) is 17.4. The number of carbonyl (C=O) groups is 1. The van der Waals surface area contributed by atoms with Crippen LogP contribution >= 0.6 is 0 Å². The summed E-state index contributed by atoms with van der Waals surface area (Å²) in [6, 6.07) is 3.26. The van der Waals surface area contributed by atoms with E-state index in [1.807, 2.05) is 20.8 Å². The normalized spacial score (nSPS) is 12.0. The van der Waals surface area contributed by atoms with E-state index in [-0.39, 0.29) is 29.4 Å². The van der Waals surface area contributed by atoms with Crippen LogP contribution in [0.15, 0.2) is 23.4 Å². The Bertz CT molecular complexity index is 594. The molecule has 1 aromatic heterocycles. The fourth-order valence-corrected chi connectivity index (χ4v) is 2.81. The van der Waals surface area contributed by atoms with Gasteiger partial charge in [-0.25, -0.2) is 18.1 Å². The highest BCUT2D eigenvalue weighted by atomic mass is 32.2. The lowest BCUT2D eigenvalue weighted by Gasteiger charge is -2.20. The number of anilines is 1. The van der Waals surface area contributed by atoms with Gasteiger partial charge in [0.1, 0.15) is 0 Å². The summed E-state index contributed by atoms with van der Waals surface area (Å²) in [7, 11) is -2.13. The molecular formula is C13H22N4O3S. The summed E-state index contributed by atoms with van der Waals surface area (Å²) in [5.41, 5.74) is 0.0696. The average Bonchev–Trinajstić information content (AvgIpc) is 2.36. The molecule has 0 aliphatic heterocycles. The average molecular weight is 314 g/mol. The van der Waals surface area contributed by atoms with E-state index in [0.717, 1.165) is 0 Å². The number of aromatic nitrogens is 1. The summed E-state index contributed by atoms with van der Waals surface area (Å²) < 4.78 is 26.6. The lowest BCUT2D eigenvalue weighted by atomic mass is 10.1. The van der Waals surface area contributed by atoms with Crippen molar-refractivity contribution < 1.29 is 13.2 Å². The van der Waals surface area contributed by atoms with Gasteiger partial charge in [0.2, 0.25) is 5.91 Å². The number of nitrogens with zero attached hydrogens (tertiary/aromatic N) is 1. The van der Waals surface area contributed by atoms with E-state index >= 15 is 0 Å². The minimum Gasteiger partial charge on any atom is -0.386 e. The highest BCUT2D eigenvalue weighted by molar-refractivity contribution is 7.89. The maximum Gasteiger partial charge on any atom is 0.260 e. The number of nitrogens with one attached hydrogen (secondary N) is 3. The summed E-state index contributed by atoms with van der Waals surface area (Å²) in [6.07, 6.45) is 1.47. The van der Waals surface area contributed by atoms with Crippen molar-refractivity contribution in [3.05, 3.63) is 18.3 Å². The molecule has 0 fully saturated rings. The molecule has 0 atom stereocenters. The van der Waals surface area contributed by atoms with Gasteiger partial charge in [0.25, 0.3) is 10.0 Å². The molecule has 0 saturated carbocycles. The minimum atomic E-state index is -3.75. The van der Waals surface area contributed by atoms with Crippen molar-refractivity contribution in [2.75, 3.05) is 18.9 Å². The molecule has 0 aliphatic rings. The van der Waals surface area contributed by atoms with Crippen molar-refractivity contribution in [3.8, 4) is 0 Å². The van der Waals surface area contributed by atoms with Gasteiger partial charge in [0.05, 0.1) is 5.69 Å². The zero-order valence-corrected chi connectivity index (χ0v) is 13.5. The molecule has 0 aromatic carbocycles. The Hall–Kier alpha value is -1.67. The number of pyridine rings is 1. The molecule has 0 saturated heterocycles. The number of carbonyl (C=O) groups excluding carboxylic acids is 1. The first-order valence-electron chi connectivity index (χ1n) is 6.59. The molecule has 1 aromatic rings. The van der Waals surface area contributed by atoms with Gasteiger partial charge in [-0.2, -0.15) is 0 Å². The van der Waals surface area contributed by atoms with E-state index in [2.05, 4.69) is 20.3 Å². The van der Waals surface area contributed by atoms with E-state index in [0.29, 0.717) is 5.69 Å². The van der Waals surface area contributed by atoms with Crippen LogP contribution in [0.2, 0.25) is 0 Å². The number of sulfonamides is 1. The quantitative estimate of drug-likeness (QED) is 0.718. The monoisotopic (exact) mass is 314 g/mol. The van der Waals surface area contributed by atoms with Crippen LogP contribution < -0.4 is 15.4 Å². The van der Waals surface area contributed by atoms with Crippen molar-refractivity contribution in [1.82, 2.24) is 15.0 Å². The fourth-order valence-electron chi connectivity index (χ4n) is 1.64. The largest absolute Gasteiger partial charge is 0.386 e. The van der Waals surface area contributed by atoms with Crippen molar-refractivity contribution in [3.63, 3.8) is 0 Å².